The van der Waals surface area contributed by atoms with Gasteiger partial charge in [0.05, 0.1) is 19.1 Å². The molecule has 0 aliphatic carbocycles. The number of carbonyl (C=O) groups excluding carboxylic acids is 1. The second-order valence-corrected chi connectivity index (χ2v) is 7.45. The molecule has 32 heavy (non-hydrogen) atoms. The molecule has 1 aromatic heterocycles. The molecule has 0 bridgehead atoms. The van der Waals surface area contributed by atoms with E-state index in [1.54, 1.807) is 36.0 Å². The molecule has 0 aliphatic heterocycles. The summed E-state index contributed by atoms with van der Waals surface area (Å²) >= 11 is 5.92. The average molecular weight is 455 g/mol. The average Bonchev–Trinajstić information content (AvgIpc) is 3.20. The third kappa shape index (κ3) is 5.76. The molecule has 3 rings (SSSR count). The van der Waals surface area contributed by atoms with E-state index in [1.165, 1.54) is 25.4 Å². The van der Waals surface area contributed by atoms with Crippen LogP contribution in [0.1, 0.15) is 18.1 Å². The first-order valence-corrected chi connectivity index (χ1v) is 10.3. The van der Waals surface area contributed by atoms with Crippen LogP contribution in [-0.4, -0.2) is 22.7 Å². The van der Waals surface area contributed by atoms with Gasteiger partial charge < -0.3 is 19.9 Å². The van der Waals surface area contributed by atoms with E-state index in [4.69, 9.17) is 16.3 Å². The highest BCUT2D eigenvalue weighted by atomic mass is 35.5. The van der Waals surface area contributed by atoms with E-state index in [9.17, 15) is 9.18 Å². The molecule has 0 spiro atoms. The van der Waals surface area contributed by atoms with Crippen molar-refractivity contribution in [1.29, 1.82) is 0 Å². The van der Waals surface area contributed by atoms with Gasteiger partial charge in [-0.2, -0.15) is 0 Å². The van der Waals surface area contributed by atoms with Crippen molar-refractivity contribution < 1.29 is 13.9 Å². The van der Waals surface area contributed by atoms with Gasteiger partial charge in [-0.3, -0.25) is 0 Å². The number of fused-ring (bicyclic) bond motifs is 1. The molecule has 166 valence electrons. The van der Waals surface area contributed by atoms with E-state index in [0.717, 1.165) is 11.1 Å². The first-order valence-electron chi connectivity index (χ1n) is 9.91. The van der Waals surface area contributed by atoms with Gasteiger partial charge in [-0.15, -0.1) is 0 Å². The number of benzene rings is 2. The Labute approximate surface area is 191 Å². The number of urea groups is 1. The molecule has 0 saturated carbocycles. The third-order valence-electron chi connectivity index (χ3n) is 4.66. The second-order valence-electron chi connectivity index (χ2n) is 7.01. The molecule has 8 heteroatoms. The van der Waals surface area contributed by atoms with Gasteiger partial charge in [-0.25, -0.2) is 14.2 Å². The minimum Gasteiger partial charge on any atom is -0.495 e. The lowest BCUT2D eigenvalue weighted by molar-refractivity contribution is 0.254. The maximum Gasteiger partial charge on any atom is 0.323 e. The number of allylic oxidation sites excluding steroid dienone is 4. The monoisotopic (exact) mass is 454 g/mol. The maximum atomic E-state index is 14.6. The van der Waals surface area contributed by atoms with E-state index in [0.29, 0.717) is 34.1 Å². The molecule has 0 aliphatic rings. The number of anilines is 1. The third-order valence-corrected chi connectivity index (χ3v) is 5.01. The zero-order chi connectivity index (χ0) is 23.1. The van der Waals surface area contributed by atoms with Crippen LogP contribution < -0.4 is 10.6 Å². The van der Waals surface area contributed by atoms with Gasteiger partial charge in [-0.05, 0) is 43.7 Å². The first-order chi connectivity index (χ1) is 15.4. The van der Waals surface area contributed by atoms with Gasteiger partial charge in [-0.1, -0.05) is 47.5 Å². The van der Waals surface area contributed by atoms with Crippen molar-refractivity contribution in [2.24, 2.45) is 0 Å². The van der Waals surface area contributed by atoms with Crippen molar-refractivity contribution in [3.63, 3.8) is 0 Å². The largest absolute Gasteiger partial charge is 0.495 e. The number of ether oxygens (including phenoxy) is 1. The molecule has 0 atom stereocenters. The number of carbonyl (C=O) groups is 1. The number of halogens is 2. The van der Waals surface area contributed by atoms with Crippen molar-refractivity contribution in [2.45, 2.75) is 20.4 Å². The SMILES string of the molecule is C/C=C(Cl)\C=C/C(=CNC(=O)Nc1ccc(F)c2c1ncn2Cc1cccc(C)c1)OC. The number of amides is 2. The van der Waals surface area contributed by atoms with Crippen molar-refractivity contribution in [2.75, 3.05) is 12.4 Å². The molecule has 1 heterocycles. The molecular formula is C24H24ClFN4O2. The Kier molecular flexibility index (Phi) is 7.68. The van der Waals surface area contributed by atoms with Crippen LogP contribution in [-0.2, 0) is 11.3 Å². The summed E-state index contributed by atoms with van der Waals surface area (Å²) in [5.74, 6) is -0.0180. The number of methoxy groups -OCH3 is 1. The van der Waals surface area contributed by atoms with Crippen LogP contribution in [0.5, 0.6) is 0 Å². The van der Waals surface area contributed by atoms with E-state index in [1.807, 2.05) is 31.2 Å². The molecule has 2 aromatic carbocycles. The highest BCUT2D eigenvalue weighted by molar-refractivity contribution is 6.31. The second kappa shape index (κ2) is 10.6. The molecule has 2 amide bonds. The summed E-state index contributed by atoms with van der Waals surface area (Å²) < 4.78 is 21.5. The van der Waals surface area contributed by atoms with Gasteiger partial charge >= 0.3 is 6.03 Å². The standard InChI is InChI=1S/C24H24ClFN4O2/c1-4-18(25)8-9-19(32-3)13-27-24(31)29-21-11-10-20(26)23-22(21)28-15-30(23)14-17-7-5-6-16(2)12-17/h4-13,15H,14H2,1-3H3,(H2,27,29,31)/b9-8-,18-4+,19-13?. The Balaban J connectivity index is 1.78. The highest BCUT2D eigenvalue weighted by Crippen LogP contribution is 2.25. The van der Waals surface area contributed by atoms with Crippen LogP contribution in [0.3, 0.4) is 0 Å². The van der Waals surface area contributed by atoms with Crippen molar-refractivity contribution in [3.05, 3.63) is 94.9 Å². The summed E-state index contributed by atoms with van der Waals surface area (Å²) in [6.45, 7) is 4.27. The number of nitrogens with zero attached hydrogens (tertiary/aromatic N) is 2. The van der Waals surface area contributed by atoms with Crippen LogP contribution in [0, 0.1) is 12.7 Å². The number of hydrogen-bond donors (Lipinski definition) is 2. The van der Waals surface area contributed by atoms with E-state index < -0.39 is 11.8 Å². The van der Waals surface area contributed by atoms with E-state index in [-0.39, 0.29) is 0 Å². The molecule has 0 saturated heterocycles. The zero-order valence-corrected chi connectivity index (χ0v) is 18.8. The number of imidazole rings is 1. The van der Waals surface area contributed by atoms with Crippen LogP contribution >= 0.6 is 11.6 Å². The lowest BCUT2D eigenvalue weighted by Gasteiger charge is -2.09. The van der Waals surface area contributed by atoms with Crippen LogP contribution in [0.25, 0.3) is 11.0 Å². The van der Waals surface area contributed by atoms with Crippen molar-refractivity contribution in [1.82, 2.24) is 14.9 Å². The predicted octanol–water partition coefficient (Wildman–Crippen LogP) is 5.84. The summed E-state index contributed by atoms with van der Waals surface area (Å²) in [4.78, 5) is 16.7. The smallest absolute Gasteiger partial charge is 0.323 e. The highest BCUT2D eigenvalue weighted by Gasteiger charge is 2.14. The molecule has 0 fully saturated rings. The zero-order valence-electron chi connectivity index (χ0n) is 18.0. The lowest BCUT2D eigenvalue weighted by atomic mass is 10.1. The lowest BCUT2D eigenvalue weighted by Crippen LogP contribution is -2.24. The molecule has 0 unspecified atom stereocenters. The summed E-state index contributed by atoms with van der Waals surface area (Å²) in [5, 5.41) is 5.81. The normalized spacial score (nSPS) is 12.4. The van der Waals surface area contributed by atoms with Gasteiger partial charge in [0.15, 0.2) is 0 Å². The number of nitrogens with one attached hydrogen (secondary N) is 2. The Morgan fingerprint density at radius 3 is 2.81 bits per heavy atom. The topological polar surface area (TPSA) is 68.2 Å². The fourth-order valence-corrected chi connectivity index (χ4v) is 3.16. The maximum absolute atomic E-state index is 14.6. The van der Waals surface area contributed by atoms with Crippen LogP contribution in [0.15, 0.2) is 77.9 Å². The van der Waals surface area contributed by atoms with E-state index in [2.05, 4.69) is 15.6 Å². The minimum atomic E-state index is -0.522. The Bertz CT molecular complexity index is 1210. The molecule has 2 N–H and O–H groups in total. The number of aromatic nitrogens is 2. The Morgan fingerprint density at radius 1 is 1.28 bits per heavy atom. The fourth-order valence-electron chi connectivity index (χ4n) is 3.10. The molecule has 0 radical (unpaired) electrons. The molecular weight excluding hydrogens is 431 g/mol. The van der Waals surface area contributed by atoms with Crippen LogP contribution in [0.2, 0.25) is 0 Å². The predicted molar refractivity (Wildman–Crippen MR) is 126 cm³/mol. The van der Waals surface area contributed by atoms with Gasteiger partial charge in [0.2, 0.25) is 0 Å². The molecule has 3 aromatic rings. The van der Waals surface area contributed by atoms with Gasteiger partial charge in [0.1, 0.15) is 22.6 Å². The van der Waals surface area contributed by atoms with Crippen molar-refractivity contribution in [3.8, 4) is 0 Å². The minimum absolute atomic E-state index is 0.321. The van der Waals surface area contributed by atoms with Crippen LogP contribution in [0.4, 0.5) is 14.9 Å². The van der Waals surface area contributed by atoms with Gasteiger partial charge in [0, 0.05) is 17.8 Å². The number of aryl methyl sites for hydroxylation is 1. The fraction of sp³-hybridized carbons (Fsp3) is 0.167. The van der Waals surface area contributed by atoms with Gasteiger partial charge in [0.25, 0.3) is 0 Å². The Morgan fingerprint density at radius 2 is 2.09 bits per heavy atom. The quantitative estimate of drug-likeness (QED) is 0.348. The Hall–Kier alpha value is -3.58. The first kappa shape index (κ1) is 23.1. The molecule has 6 nitrogen and oxygen atoms in total. The van der Waals surface area contributed by atoms with Crippen molar-refractivity contribution >= 4 is 34.4 Å². The van der Waals surface area contributed by atoms with E-state index >= 15 is 0 Å². The summed E-state index contributed by atoms with van der Waals surface area (Å²) in [7, 11) is 1.48. The summed E-state index contributed by atoms with van der Waals surface area (Å²) in [6, 6.07) is 10.2. The summed E-state index contributed by atoms with van der Waals surface area (Å²) in [6.07, 6.45) is 7.94. The number of rotatable bonds is 7. The summed E-state index contributed by atoms with van der Waals surface area (Å²) in [5.41, 5.74) is 3.23. The number of hydrogen-bond acceptors (Lipinski definition) is 3.